The van der Waals surface area contributed by atoms with Crippen molar-refractivity contribution in [3.05, 3.63) is 42.5 Å². The van der Waals surface area contributed by atoms with E-state index < -0.39 is 0 Å². The first-order valence-corrected chi connectivity index (χ1v) is 4.35. The average Bonchev–Trinajstić information content (AvgIpc) is 1.90. The molecule has 0 amide bonds. The molecule has 0 aliphatic carbocycles. The first kappa shape index (κ1) is 10.1. The minimum absolute atomic E-state index is 0. The number of hydrogen-bond acceptors (Lipinski definition) is 0. The van der Waals surface area contributed by atoms with Gasteiger partial charge >= 0.3 is 64.9 Å². The number of hydrogen-bond donors (Lipinski definition) is 0. The van der Waals surface area contributed by atoms with Gasteiger partial charge in [-0.2, -0.15) is 0 Å². The van der Waals surface area contributed by atoms with Crippen LogP contribution in [0.1, 0.15) is 5.56 Å². The topological polar surface area (TPSA) is 0 Å². The molecule has 0 saturated carbocycles. The normalized spacial score (nSPS) is 8.20. The minimum atomic E-state index is 0. The van der Waals surface area contributed by atoms with Gasteiger partial charge in [-0.3, -0.25) is 0 Å². The first-order valence-electron chi connectivity index (χ1n) is 2.87. The van der Waals surface area contributed by atoms with Crippen LogP contribution in [0.15, 0.2) is 36.9 Å². The molecular weight excluding hydrogens is 241 g/mol. The molecule has 10 heavy (non-hydrogen) atoms. The fourth-order valence-corrected chi connectivity index (χ4v) is 1.17. The summed E-state index contributed by atoms with van der Waals surface area (Å²) in [6.07, 6.45) is 0. The summed E-state index contributed by atoms with van der Waals surface area (Å²) in [6.45, 7) is 3.88. The van der Waals surface area contributed by atoms with Crippen molar-refractivity contribution in [2.75, 3.05) is 0 Å². The molecule has 0 atom stereocenters. The van der Waals surface area contributed by atoms with E-state index in [1.807, 2.05) is 18.2 Å². The second-order valence-corrected chi connectivity index (χ2v) is 3.76. The van der Waals surface area contributed by atoms with Crippen LogP contribution in [0, 0.1) is 0 Å². The molecule has 0 nitrogen and oxygen atoms in total. The zero-order valence-corrected chi connectivity index (χ0v) is 10.2. The summed E-state index contributed by atoms with van der Waals surface area (Å²) in [5, 5.41) is 0. The third-order valence-corrected chi connectivity index (χ3v) is 2.04. The Bertz CT molecular complexity index is 206. The molecule has 2 heteroatoms. The molecule has 1 aromatic rings. The zero-order chi connectivity index (χ0) is 6.69. The molecule has 0 aliphatic heterocycles. The van der Waals surface area contributed by atoms with Gasteiger partial charge in [-0.25, -0.2) is 0 Å². The zero-order valence-electron chi connectivity index (χ0n) is 5.68. The van der Waals surface area contributed by atoms with Gasteiger partial charge in [-0.05, 0) is 0 Å². The van der Waals surface area contributed by atoms with Crippen LogP contribution in [-0.2, 0) is 18.3 Å². The van der Waals surface area contributed by atoms with E-state index in [-0.39, 0.29) is 17.0 Å². The van der Waals surface area contributed by atoms with Crippen LogP contribution in [0.5, 0.6) is 0 Å². The standard InChI is InChI=1S/C8H7.BrH.Zn/c1-2-8-6-4-3-5-7-8;;/h3-7H,1H2;1H;/q;;+1/p-1. The van der Waals surface area contributed by atoms with E-state index in [1.165, 1.54) is 9.73 Å². The predicted octanol–water partition coefficient (Wildman–Crippen LogP) is -0.792. The molecule has 0 aliphatic rings. The van der Waals surface area contributed by atoms with Crippen molar-refractivity contribution in [1.82, 2.24) is 0 Å². The molecule has 0 N–H and O–H groups in total. The molecular formula is C8H7BrZn. The number of benzene rings is 1. The third kappa shape index (κ3) is 2.76. The van der Waals surface area contributed by atoms with Crippen molar-refractivity contribution in [2.24, 2.45) is 0 Å². The Hall–Kier alpha value is 0.0634. The quantitative estimate of drug-likeness (QED) is 0.572. The molecule has 0 radical (unpaired) electrons. The van der Waals surface area contributed by atoms with E-state index in [9.17, 15) is 0 Å². The van der Waals surface area contributed by atoms with Gasteiger partial charge in [0.1, 0.15) is 0 Å². The monoisotopic (exact) mass is 246 g/mol. The molecule has 1 aromatic carbocycles. The second-order valence-electron chi connectivity index (χ2n) is 1.97. The fraction of sp³-hybridized carbons (Fsp3) is 0. The molecule has 0 heterocycles. The Balaban J connectivity index is 0.000000810. The van der Waals surface area contributed by atoms with Gasteiger partial charge in [-0.15, -0.1) is 0 Å². The van der Waals surface area contributed by atoms with Gasteiger partial charge in [0.05, 0.1) is 0 Å². The van der Waals surface area contributed by atoms with Crippen LogP contribution in [0.25, 0.3) is 4.17 Å². The molecule has 0 unspecified atom stereocenters. The second kappa shape index (κ2) is 4.81. The third-order valence-electron chi connectivity index (χ3n) is 1.18. The molecule has 0 bridgehead atoms. The van der Waals surface area contributed by atoms with Crippen molar-refractivity contribution >= 4 is 4.17 Å². The van der Waals surface area contributed by atoms with Crippen LogP contribution in [0.2, 0.25) is 0 Å². The summed E-state index contributed by atoms with van der Waals surface area (Å²) < 4.78 is 1.25. The maximum Gasteiger partial charge on any atom is -1.00 e. The van der Waals surface area contributed by atoms with Crippen LogP contribution in [0.4, 0.5) is 0 Å². The first-order chi connectivity index (χ1) is 4.30. The Kier molecular flexibility index (Phi) is 4.84. The Morgan fingerprint density at radius 1 is 1.20 bits per heavy atom. The van der Waals surface area contributed by atoms with E-state index in [0.717, 1.165) is 18.3 Å². The van der Waals surface area contributed by atoms with E-state index >= 15 is 0 Å². The summed E-state index contributed by atoms with van der Waals surface area (Å²) >= 11 is 1.16. The molecule has 1 rings (SSSR count). The number of rotatable bonds is 1. The molecule has 48 valence electrons. The summed E-state index contributed by atoms with van der Waals surface area (Å²) in [4.78, 5) is 0. The summed E-state index contributed by atoms with van der Waals surface area (Å²) in [7, 11) is 0. The molecule has 0 fully saturated rings. The summed E-state index contributed by atoms with van der Waals surface area (Å²) in [5.41, 5.74) is 1.28. The van der Waals surface area contributed by atoms with E-state index in [4.69, 9.17) is 0 Å². The number of halogens is 1. The molecule has 0 spiro atoms. The fourth-order valence-electron chi connectivity index (χ4n) is 0.674. The Labute approximate surface area is 81.8 Å². The largest absolute Gasteiger partial charge is 1.00 e. The van der Waals surface area contributed by atoms with Crippen LogP contribution < -0.4 is 17.0 Å². The molecule has 0 saturated heterocycles. The minimum Gasteiger partial charge on any atom is -1.00 e. The van der Waals surface area contributed by atoms with E-state index in [1.54, 1.807) is 0 Å². The molecule has 0 aromatic heterocycles. The summed E-state index contributed by atoms with van der Waals surface area (Å²) in [6, 6.07) is 10.3. The van der Waals surface area contributed by atoms with Gasteiger partial charge in [0, 0.05) is 0 Å². The van der Waals surface area contributed by atoms with Gasteiger partial charge in [0.15, 0.2) is 0 Å². The van der Waals surface area contributed by atoms with Crippen molar-refractivity contribution in [2.45, 2.75) is 0 Å². The van der Waals surface area contributed by atoms with Crippen molar-refractivity contribution in [3.63, 3.8) is 0 Å². The SMILES string of the molecule is C=[C]([Zn+])c1ccccc1.[Br-]. The van der Waals surface area contributed by atoms with Gasteiger partial charge in [0.25, 0.3) is 0 Å². The Morgan fingerprint density at radius 3 is 2.00 bits per heavy atom. The van der Waals surface area contributed by atoms with Gasteiger partial charge in [0.2, 0.25) is 0 Å². The maximum atomic E-state index is 3.88. The van der Waals surface area contributed by atoms with Crippen LogP contribution >= 0.6 is 0 Å². The Morgan fingerprint density at radius 2 is 1.70 bits per heavy atom. The predicted molar refractivity (Wildman–Crippen MR) is 35.5 cm³/mol. The average molecular weight is 248 g/mol. The maximum absolute atomic E-state index is 3.88. The van der Waals surface area contributed by atoms with Crippen LogP contribution in [0.3, 0.4) is 0 Å². The van der Waals surface area contributed by atoms with E-state index in [0.29, 0.717) is 0 Å². The van der Waals surface area contributed by atoms with Crippen molar-refractivity contribution in [1.29, 1.82) is 0 Å². The summed E-state index contributed by atoms with van der Waals surface area (Å²) in [5.74, 6) is 0. The van der Waals surface area contributed by atoms with Gasteiger partial charge < -0.3 is 17.0 Å². The van der Waals surface area contributed by atoms with Crippen LogP contribution in [-0.4, -0.2) is 0 Å². The van der Waals surface area contributed by atoms with E-state index in [2.05, 4.69) is 18.7 Å². The van der Waals surface area contributed by atoms with Gasteiger partial charge in [-0.1, -0.05) is 0 Å². The van der Waals surface area contributed by atoms with Crippen molar-refractivity contribution < 1.29 is 35.3 Å². The smallest absolute Gasteiger partial charge is 1.00 e. The van der Waals surface area contributed by atoms with Crippen molar-refractivity contribution in [3.8, 4) is 0 Å².